The number of hydrogen-bond acceptors (Lipinski definition) is 5. The van der Waals surface area contributed by atoms with Gasteiger partial charge in [0.2, 0.25) is 15.9 Å². The molecule has 8 nitrogen and oxygen atoms in total. The Morgan fingerprint density at radius 1 is 0.952 bits per heavy atom. The van der Waals surface area contributed by atoms with Crippen molar-refractivity contribution in [2.75, 3.05) is 25.9 Å². The Kier molecular flexibility index (Phi) is 8.72. The quantitative estimate of drug-likeness (QED) is 0.381. The van der Waals surface area contributed by atoms with E-state index in [9.17, 15) is 27.2 Å². The van der Waals surface area contributed by atoms with E-state index >= 15 is 0 Å². The first kappa shape index (κ1) is 29.4. The van der Waals surface area contributed by atoms with Crippen LogP contribution in [0.25, 0.3) is 11.1 Å². The maximum Gasteiger partial charge on any atom is 0.255 e. The Labute approximate surface area is 245 Å². The van der Waals surface area contributed by atoms with Crippen LogP contribution in [0.15, 0.2) is 78.9 Å². The van der Waals surface area contributed by atoms with Gasteiger partial charge in [-0.15, -0.1) is 0 Å². The van der Waals surface area contributed by atoms with Gasteiger partial charge in [0.1, 0.15) is 18.4 Å². The number of benzene rings is 3. The third kappa shape index (κ3) is 7.05. The molecule has 2 aliphatic rings. The highest BCUT2D eigenvalue weighted by atomic mass is 32.2. The molecule has 0 unspecified atom stereocenters. The number of halogens is 1. The molecule has 3 aromatic carbocycles. The number of rotatable bonds is 10. The lowest BCUT2D eigenvalue weighted by Gasteiger charge is -2.35. The minimum absolute atomic E-state index is 0.0606. The summed E-state index contributed by atoms with van der Waals surface area (Å²) >= 11 is 0. The summed E-state index contributed by atoms with van der Waals surface area (Å²) in [5, 5.41) is 2.87. The zero-order valence-electron chi connectivity index (χ0n) is 23.4. The number of carbonyl (C=O) groups excluding carboxylic acids is 3. The van der Waals surface area contributed by atoms with Crippen LogP contribution >= 0.6 is 0 Å². The fourth-order valence-corrected chi connectivity index (χ4v) is 6.47. The van der Waals surface area contributed by atoms with E-state index in [0.29, 0.717) is 30.2 Å². The topological polar surface area (TPSA) is 104 Å². The second-order valence-corrected chi connectivity index (χ2v) is 12.9. The van der Waals surface area contributed by atoms with E-state index in [1.165, 1.54) is 17.0 Å². The van der Waals surface area contributed by atoms with Crippen LogP contribution in [-0.2, 0) is 19.6 Å². The fraction of sp³-hybridized carbons (Fsp3) is 0.344. The monoisotopic (exact) mass is 591 g/mol. The highest BCUT2D eigenvalue weighted by Crippen LogP contribution is 2.50. The van der Waals surface area contributed by atoms with Crippen LogP contribution in [0.3, 0.4) is 0 Å². The van der Waals surface area contributed by atoms with E-state index in [-0.39, 0.29) is 25.5 Å². The summed E-state index contributed by atoms with van der Waals surface area (Å²) in [6.45, 7) is -0.420. The van der Waals surface area contributed by atoms with Crippen molar-refractivity contribution in [3.05, 3.63) is 95.8 Å². The summed E-state index contributed by atoms with van der Waals surface area (Å²) in [6.07, 6.45) is 3.84. The average Bonchev–Trinajstić information content (AvgIpc) is 3.76. The van der Waals surface area contributed by atoms with E-state index in [1.807, 2.05) is 54.6 Å². The predicted molar refractivity (Wildman–Crippen MR) is 157 cm³/mol. The number of amides is 3. The molecule has 1 saturated carbocycles. The van der Waals surface area contributed by atoms with Gasteiger partial charge in [-0.3, -0.25) is 14.4 Å². The molecule has 0 aromatic heterocycles. The lowest BCUT2D eigenvalue weighted by Crippen LogP contribution is -2.57. The van der Waals surface area contributed by atoms with Crippen molar-refractivity contribution in [3.63, 3.8) is 0 Å². The third-order valence-corrected chi connectivity index (χ3v) is 9.22. The second kappa shape index (κ2) is 12.4. The van der Waals surface area contributed by atoms with Gasteiger partial charge in [0, 0.05) is 12.1 Å². The predicted octanol–water partition coefficient (Wildman–Crippen LogP) is 4.20. The van der Waals surface area contributed by atoms with Gasteiger partial charge in [-0.1, -0.05) is 61.0 Å². The maximum atomic E-state index is 13.6. The largest absolute Gasteiger partial charge is 0.340 e. The minimum atomic E-state index is -3.72. The van der Waals surface area contributed by atoms with Crippen LogP contribution in [-0.4, -0.2) is 67.3 Å². The Hall–Kier alpha value is -4.05. The zero-order valence-corrected chi connectivity index (χ0v) is 24.2. The molecule has 1 heterocycles. The van der Waals surface area contributed by atoms with Crippen molar-refractivity contribution in [2.24, 2.45) is 5.92 Å². The Balaban J connectivity index is 1.24. The molecule has 3 atom stereocenters. The highest BCUT2D eigenvalue weighted by molar-refractivity contribution is 7.88. The molecular formula is C32H34FN3O5S. The third-order valence-electron chi connectivity index (χ3n) is 8.04. The lowest BCUT2D eigenvalue weighted by atomic mass is 10.0. The second-order valence-electron chi connectivity index (χ2n) is 11.0. The molecule has 5 rings (SSSR count). The molecule has 3 amide bonds. The van der Waals surface area contributed by atoms with Crippen LogP contribution in [0, 0.1) is 11.7 Å². The Bertz CT molecular complexity index is 1550. The molecule has 1 saturated heterocycles. The molecule has 1 aliphatic heterocycles. The van der Waals surface area contributed by atoms with Gasteiger partial charge in [-0.2, -0.15) is 0 Å². The first-order chi connectivity index (χ1) is 20.1. The summed E-state index contributed by atoms with van der Waals surface area (Å²) in [6, 6.07) is 22.6. The molecule has 1 N–H and O–H groups in total. The van der Waals surface area contributed by atoms with Gasteiger partial charge < -0.3 is 10.2 Å². The average molecular weight is 592 g/mol. The van der Waals surface area contributed by atoms with E-state index in [2.05, 4.69) is 5.32 Å². The van der Waals surface area contributed by atoms with Crippen LogP contribution in [0.2, 0.25) is 0 Å². The standard InChI is InChI=1S/C32H34FN3O5S/c1-42(40,41)36-19-18-35(21-30(36)37)32(39)29(9-5-8-26-20-28(26)24-14-16-27(33)17-15-24)34-31(38)25-12-10-23(11-13-25)22-6-3-2-4-7-22/h2-4,6-7,10-17,26,28-29H,5,8-9,18-21H2,1H3,(H,34,38)/t26-,28+,29+/m1/s1. The lowest BCUT2D eigenvalue weighted by molar-refractivity contribution is -0.143. The summed E-state index contributed by atoms with van der Waals surface area (Å²) in [5.41, 5.74) is 3.49. The van der Waals surface area contributed by atoms with Gasteiger partial charge >= 0.3 is 0 Å². The van der Waals surface area contributed by atoms with Crippen molar-refractivity contribution in [2.45, 2.75) is 37.6 Å². The number of sulfonamides is 1. The number of nitrogens with zero attached hydrogens (tertiary/aromatic N) is 2. The summed E-state index contributed by atoms with van der Waals surface area (Å²) < 4.78 is 37.9. The maximum absolute atomic E-state index is 13.6. The molecule has 0 spiro atoms. The summed E-state index contributed by atoms with van der Waals surface area (Å²) in [5.74, 6) is -0.954. The first-order valence-electron chi connectivity index (χ1n) is 14.1. The smallest absolute Gasteiger partial charge is 0.255 e. The molecule has 10 heteroatoms. The van der Waals surface area contributed by atoms with E-state index in [0.717, 1.165) is 40.1 Å². The molecule has 3 aromatic rings. The van der Waals surface area contributed by atoms with Gasteiger partial charge in [0.25, 0.3) is 11.8 Å². The van der Waals surface area contributed by atoms with E-state index in [1.54, 1.807) is 12.1 Å². The van der Waals surface area contributed by atoms with Crippen molar-refractivity contribution in [3.8, 4) is 11.1 Å². The van der Waals surface area contributed by atoms with Crippen LogP contribution in [0.5, 0.6) is 0 Å². The Morgan fingerprint density at radius 3 is 2.26 bits per heavy atom. The summed E-state index contributed by atoms with van der Waals surface area (Å²) in [4.78, 5) is 40.7. The van der Waals surface area contributed by atoms with Crippen molar-refractivity contribution in [1.29, 1.82) is 0 Å². The van der Waals surface area contributed by atoms with Crippen molar-refractivity contribution >= 4 is 27.7 Å². The van der Waals surface area contributed by atoms with E-state index < -0.39 is 33.8 Å². The van der Waals surface area contributed by atoms with Crippen molar-refractivity contribution < 1.29 is 27.2 Å². The molecule has 42 heavy (non-hydrogen) atoms. The number of piperazine rings is 1. The van der Waals surface area contributed by atoms with Gasteiger partial charge in [-0.05, 0) is 72.1 Å². The summed E-state index contributed by atoms with van der Waals surface area (Å²) in [7, 11) is -3.72. The van der Waals surface area contributed by atoms with Gasteiger partial charge in [0.05, 0.1) is 12.8 Å². The van der Waals surface area contributed by atoms with Crippen LogP contribution < -0.4 is 5.32 Å². The highest BCUT2D eigenvalue weighted by Gasteiger charge is 2.39. The Morgan fingerprint density at radius 2 is 1.62 bits per heavy atom. The molecular weight excluding hydrogens is 557 g/mol. The molecule has 2 fully saturated rings. The molecule has 0 bridgehead atoms. The molecule has 1 aliphatic carbocycles. The van der Waals surface area contributed by atoms with Crippen LogP contribution in [0.1, 0.15) is 47.5 Å². The minimum Gasteiger partial charge on any atom is -0.340 e. The fourth-order valence-electron chi connectivity index (χ4n) is 5.63. The van der Waals surface area contributed by atoms with E-state index in [4.69, 9.17) is 0 Å². The SMILES string of the molecule is CS(=O)(=O)N1CCN(C(=O)[C@H](CCC[C@@H]2C[C@H]2c2ccc(F)cc2)NC(=O)c2ccc(-c3ccccc3)cc2)CC1=O. The molecule has 220 valence electrons. The number of nitrogens with one attached hydrogen (secondary N) is 1. The van der Waals surface area contributed by atoms with Crippen molar-refractivity contribution in [1.82, 2.24) is 14.5 Å². The van der Waals surface area contributed by atoms with Crippen LogP contribution in [0.4, 0.5) is 4.39 Å². The van der Waals surface area contributed by atoms with Gasteiger partial charge in [0.15, 0.2) is 0 Å². The number of carbonyl (C=O) groups is 3. The molecule has 0 radical (unpaired) electrons. The first-order valence-corrected chi connectivity index (χ1v) is 16.0. The zero-order chi connectivity index (χ0) is 29.9. The normalized spacial score (nSPS) is 19.3. The van der Waals surface area contributed by atoms with Gasteiger partial charge in [-0.25, -0.2) is 17.1 Å². The number of hydrogen-bond donors (Lipinski definition) is 1.